The molecule has 0 aliphatic rings. The van der Waals surface area contributed by atoms with Gasteiger partial charge in [-0.05, 0) is 39.3 Å². The summed E-state index contributed by atoms with van der Waals surface area (Å²) in [7, 11) is 0. The molecule has 1 heterocycles. The van der Waals surface area contributed by atoms with E-state index < -0.39 is 4.92 Å². The minimum absolute atomic E-state index is 0.00475. The Morgan fingerprint density at radius 2 is 1.81 bits per heavy atom. The lowest BCUT2D eigenvalue weighted by molar-refractivity contribution is -0.385. The summed E-state index contributed by atoms with van der Waals surface area (Å²) in [5.41, 5.74) is 1.96. The van der Waals surface area contributed by atoms with E-state index in [1.165, 1.54) is 6.07 Å². The Kier molecular flexibility index (Phi) is 4.09. The summed E-state index contributed by atoms with van der Waals surface area (Å²) in [6.07, 6.45) is 0. The fraction of sp³-hybridized carbons (Fsp3) is 0.286. The Bertz CT molecular complexity index is 732. The summed E-state index contributed by atoms with van der Waals surface area (Å²) in [5, 5.41) is 11.3. The van der Waals surface area contributed by atoms with Crippen LogP contribution in [-0.2, 0) is 0 Å². The van der Waals surface area contributed by atoms with Gasteiger partial charge in [0.25, 0.3) is 5.69 Å². The molecule has 0 N–H and O–H groups in total. The van der Waals surface area contributed by atoms with Gasteiger partial charge < -0.3 is 4.74 Å². The first-order valence-corrected chi connectivity index (χ1v) is 6.61. The van der Waals surface area contributed by atoms with Crippen molar-refractivity contribution in [1.82, 2.24) is 9.97 Å². The highest BCUT2D eigenvalue weighted by Crippen LogP contribution is 2.33. The maximum absolute atomic E-state index is 11.0. The maximum Gasteiger partial charge on any atom is 0.276 e. The molecule has 7 heteroatoms. The van der Waals surface area contributed by atoms with Crippen molar-refractivity contribution in [1.29, 1.82) is 0 Å². The SMILES string of the molecule is Cc1nc(Cl)c(C)c(Oc2cc([N+](=O)[O-])c(C)cc2C)n1. The van der Waals surface area contributed by atoms with Gasteiger partial charge in [-0.3, -0.25) is 10.1 Å². The number of nitrogens with zero attached hydrogens (tertiary/aromatic N) is 3. The fourth-order valence-corrected chi connectivity index (χ4v) is 2.10. The van der Waals surface area contributed by atoms with Crippen LogP contribution in [0.5, 0.6) is 11.6 Å². The second-order valence-corrected chi connectivity index (χ2v) is 5.11. The first-order valence-electron chi connectivity index (χ1n) is 6.24. The molecule has 2 rings (SSSR count). The predicted molar refractivity (Wildman–Crippen MR) is 79.2 cm³/mol. The van der Waals surface area contributed by atoms with E-state index in [1.54, 1.807) is 26.8 Å². The maximum atomic E-state index is 11.0. The molecule has 0 aliphatic carbocycles. The van der Waals surface area contributed by atoms with Gasteiger partial charge in [0.15, 0.2) is 0 Å². The zero-order valence-corrected chi connectivity index (χ0v) is 12.9. The number of halogens is 1. The van der Waals surface area contributed by atoms with Crippen molar-refractivity contribution in [3.8, 4) is 11.6 Å². The van der Waals surface area contributed by atoms with Gasteiger partial charge in [0.2, 0.25) is 5.88 Å². The average Bonchev–Trinajstić information content (AvgIpc) is 2.37. The van der Waals surface area contributed by atoms with Crippen LogP contribution in [0.3, 0.4) is 0 Å². The quantitative estimate of drug-likeness (QED) is 0.485. The third-order valence-electron chi connectivity index (χ3n) is 3.05. The molecule has 1 aromatic heterocycles. The molecule has 0 amide bonds. The number of hydrogen-bond acceptors (Lipinski definition) is 5. The number of rotatable bonds is 3. The predicted octanol–water partition coefficient (Wildman–Crippen LogP) is 4.06. The molecule has 6 nitrogen and oxygen atoms in total. The van der Waals surface area contributed by atoms with E-state index in [0.717, 1.165) is 5.56 Å². The van der Waals surface area contributed by atoms with Crippen LogP contribution < -0.4 is 4.74 Å². The van der Waals surface area contributed by atoms with Crippen LogP contribution in [0.15, 0.2) is 12.1 Å². The van der Waals surface area contributed by atoms with E-state index in [2.05, 4.69) is 9.97 Å². The van der Waals surface area contributed by atoms with Crippen molar-refractivity contribution in [2.75, 3.05) is 0 Å². The van der Waals surface area contributed by atoms with Gasteiger partial charge in [0.05, 0.1) is 11.0 Å². The van der Waals surface area contributed by atoms with Gasteiger partial charge in [-0.2, -0.15) is 4.98 Å². The molecule has 0 fully saturated rings. The van der Waals surface area contributed by atoms with E-state index >= 15 is 0 Å². The van der Waals surface area contributed by atoms with Gasteiger partial charge in [-0.15, -0.1) is 0 Å². The molecule has 0 bridgehead atoms. The van der Waals surface area contributed by atoms with Crippen molar-refractivity contribution in [3.05, 3.63) is 49.9 Å². The first-order chi connectivity index (χ1) is 9.79. The highest BCUT2D eigenvalue weighted by atomic mass is 35.5. The standard InChI is InChI=1S/C14H14ClN3O3/c1-7-5-8(2)12(6-11(7)18(19)20)21-14-9(3)13(15)16-10(4)17-14/h5-6H,1-4H3. The minimum atomic E-state index is -0.438. The van der Waals surface area contributed by atoms with Crippen molar-refractivity contribution >= 4 is 17.3 Å². The van der Waals surface area contributed by atoms with Gasteiger partial charge in [0, 0.05) is 11.1 Å². The van der Waals surface area contributed by atoms with E-state index in [9.17, 15) is 10.1 Å². The molecule has 1 aromatic carbocycles. The van der Waals surface area contributed by atoms with Crippen LogP contribution in [-0.4, -0.2) is 14.9 Å². The molecular weight excluding hydrogens is 294 g/mol. The minimum Gasteiger partial charge on any atom is -0.438 e. The summed E-state index contributed by atoms with van der Waals surface area (Å²) in [6, 6.07) is 3.11. The van der Waals surface area contributed by atoms with Crippen LogP contribution in [0.2, 0.25) is 5.15 Å². The second kappa shape index (κ2) is 5.65. The Morgan fingerprint density at radius 3 is 2.43 bits per heavy atom. The zero-order chi connectivity index (χ0) is 15.7. The molecule has 0 aliphatic heterocycles. The number of aryl methyl sites for hydroxylation is 3. The molecule has 0 saturated carbocycles. The monoisotopic (exact) mass is 307 g/mol. The van der Waals surface area contributed by atoms with E-state index in [-0.39, 0.29) is 5.69 Å². The Labute approximate surface area is 126 Å². The number of benzene rings is 1. The molecule has 2 aromatic rings. The Morgan fingerprint density at radius 1 is 1.14 bits per heavy atom. The molecule has 0 atom stereocenters. The smallest absolute Gasteiger partial charge is 0.276 e. The average molecular weight is 308 g/mol. The second-order valence-electron chi connectivity index (χ2n) is 4.76. The lowest BCUT2D eigenvalue weighted by Gasteiger charge is -2.12. The molecule has 0 radical (unpaired) electrons. The summed E-state index contributed by atoms with van der Waals surface area (Å²) in [6.45, 7) is 6.93. The van der Waals surface area contributed by atoms with Crippen LogP contribution in [0.1, 0.15) is 22.5 Å². The molecule has 0 spiro atoms. The first kappa shape index (κ1) is 15.2. The highest BCUT2D eigenvalue weighted by molar-refractivity contribution is 6.30. The zero-order valence-electron chi connectivity index (χ0n) is 12.1. The van der Waals surface area contributed by atoms with Crippen molar-refractivity contribution < 1.29 is 9.66 Å². The largest absolute Gasteiger partial charge is 0.438 e. The number of hydrogen-bond donors (Lipinski definition) is 0. The topological polar surface area (TPSA) is 78.2 Å². The molecule has 0 unspecified atom stereocenters. The van der Waals surface area contributed by atoms with Crippen LogP contribution in [0.25, 0.3) is 0 Å². The summed E-state index contributed by atoms with van der Waals surface area (Å²) in [4.78, 5) is 18.8. The highest BCUT2D eigenvalue weighted by Gasteiger charge is 2.17. The molecule has 21 heavy (non-hydrogen) atoms. The number of nitro groups is 1. The van der Waals surface area contributed by atoms with Crippen LogP contribution in [0, 0.1) is 37.8 Å². The van der Waals surface area contributed by atoms with Gasteiger partial charge in [0.1, 0.15) is 16.7 Å². The lowest BCUT2D eigenvalue weighted by Crippen LogP contribution is -2.00. The normalized spacial score (nSPS) is 10.5. The molecule has 0 saturated heterocycles. The third-order valence-corrected chi connectivity index (χ3v) is 3.42. The van der Waals surface area contributed by atoms with Crippen molar-refractivity contribution in [3.63, 3.8) is 0 Å². The van der Waals surface area contributed by atoms with Gasteiger partial charge in [-0.25, -0.2) is 4.98 Å². The lowest BCUT2D eigenvalue weighted by atomic mass is 10.1. The summed E-state index contributed by atoms with van der Waals surface area (Å²) in [5.74, 6) is 1.15. The van der Waals surface area contributed by atoms with Crippen LogP contribution >= 0.6 is 11.6 Å². The molecule has 110 valence electrons. The fourth-order valence-electron chi connectivity index (χ4n) is 1.90. The third kappa shape index (κ3) is 3.11. The van der Waals surface area contributed by atoms with E-state index in [4.69, 9.17) is 16.3 Å². The van der Waals surface area contributed by atoms with E-state index in [0.29, 0.717) is 33.7 Å². The molecular formula is C14H14ClN3O3. The number of nitro benzene ring substituents is 1. The van der Waals surface area contributed by atoms with Crippen LogP contribution in [0.4, 0.5) is 5.69 Å². The Hall–Kier alpha value is -2.21. The van der Waals surface area contributed by atoms with Crippen molar-refractivity contribution in [2.24, 2.45) is 0 Å². The van der Waals surface area contributed by atoms with Gasteiger partial charge >= 0.3 is 0 Å². The Balaban J connectivity index is 2.49. The van der Waals surface area contributed by atoms with Gasteiger partial charge in [-0.1, -0.05) is 11.6 Å². The van der Waals surface area contributed by atoms with E-state index in [1.807, 2.05) is 6.92 Å². The number of aromatic nitrogens is 2. The summed E-state index contributed by atoms with van der Waals surface area (Å²) >= 11 is 5.99. The van der Waals surface area contributed by atoms with Crippen molar-refractivity contribution in [2.45, 2.75) is 27.7 Å². The summed E-state index contributed by atoms with van der Waals surface area (Å²) < 4.78 is 5.71. The number of ether oxygens (including phenoxy) is 1.